The van der Waals surface area contributed by atoms with Crippen LogP contribution in [-0.2, 0) is 20.8 Å². The number of hydrogen-bond donors (Lipinski definition) is 0. The predicted molar refractivity (Wildman–Crippen MR) is 110 cm³/mol. The molecule has 1 saturated heterocycles. The van der Waals surface area contributed by atoms with Gasteiger partial charge in [0.25, 0.3) is 5.56 Å². The summed E-state index contributed by atoms with van der Waals surface area (Å²) in [6.07, 6.45) is 2.66. The maximum absolute atomic E-state index is 13.5. The zero-order chi connectivity index (χ0) is 22.1. The van der Waals surface area contributed by atoms with Crippen molar-refractivity contribution in [2.75, 3.05) is 13.2 Å². The van der Waals surface area contributed by atoms with Gasteiger partial charge in [-0.2, -0.15) is 0 Å². The molecule has 4 rings (SSSR count). The van der Waals surface area contributed by atoms with E-state index in [0.717, 1.165) is 17.4 Å². The summed E-state index contributed by atoms with van der Waals surface area (Å²) in [6, 6.07) is 4.49. The summed E-state index contributed by atoms with van der Waals surface area (Å²) < 4.78 is 27.9. The Labute approximate surface area is 176 Å². The molecule has 0 bridgehead atoms. The lowest BCUT2D eigenvalue weighted by Gasteiger charge is -2.17. The Morgan fingerprint density at radius 2 is 2.06 bits per heavy atom. The highest BCUT2D eigenvalue weighted by Gasteiger charge is 2.26. The van der Waals surface area contributed by atoms with Gasteiger partial charge in [0.05, 0.1) is 31.3 Å². The monoisotopic (exact) mass is 430 g/mol. The molecular formula is C21H23FN4O5. The average molecular weight is 430 g/mol. The highest BCUT2D eigenvalue weighted by Crippen LogP contribution is 2.19. The summed E-state index contributed by atoms with van der Waals surface area (Å²) in [7, 11) is 0. The van der Waals surface area contributed by atoms with Gasteiger partial charge < -0.3 is 14.0 Å². The molecule has 0 spiro atoms. The molecule has 0 saturated carbocycles. The molecule has 1 aliphatic rings. The number of carbonyl (C=O) groups is 1. The molecule has 31 heavy (non-hydrogen) atoms. The maximum atomic E-state index is 13.5. The molecule has 9 nitrogen and oxygen atoms in total. The van der Waals surface area contributed by atoms with E-state index in [1.807, 2.05) is 0 Å². The van der Waals surface area contributed by atoms with E-state index < -0.39 is 29.1 Å². The molecule has 0 amide bonds. The van der Waals surface area contributed by atoms with Crippen molar-refractivity contribution in [3.05, 3.63) is 57.2 Å². The van der Waals surface area contributed by atoms with Gasteiger partial charge in [-0.1, -0.05) is 0 Å². The quantitative estimate of drug-likeness (QED) is 0.553. The number of benzene rings is 1. The fourth-order valence-electron chi connectivity index (χ4n) is 3.79. The topological polar surface area (TPSA) is 97.4 Å². The first-order valence-electron chi connectivity index (χ1n) is 10.2. The molecule has 0 aliphatic carbocycles. The van der Waals surface area contributed by atoms with Gasteiger partial charge in [0, 0.05) is 6.61 Å². The number of hydrogen-bond acceptors (Lipinski definition) is 6. The SMILES string of the molecule is CCOC(=O)[C@H](C)n1cnc2c1c(=O)n(C[C@H]1CCCO1)c(=O)n2-c1ccc(F)cc1. The lowest BCUT2D eigenvalue weighted by Crippen LogP contribution is -2.42. The van der Waals surface area contributed by atoms with Crippen molar-refractivity contribution >= 4 is 17.1 Å². The minimum absolute atomic E-state index is 0.0772. The van der Waals surface area contributed by atoms with E-state index in [1.165, 1.54) is 39.7 Å². The van der Waals surface area contributed by atoms with Crippen molar-refractivity contribution in [2.45, 2.75) is 45.4 Å². The van der Waals surface area contributed by atoms with Crippen LogP contribution >= 0.6 is 0 Å². The second-order valence-electron chi connectivity index (χ2n) is 7.40. The Balaban J connectivity index is 1.96. The molecule has 2 atom stereocenters. The van der Waals surface area contributed by atoms with Gasteiger partial charge in [0.1, 0.15) is 11.9 Å². The first kappa shape index (κ1) is 21.0. The Morgan fingerprint density at radius 3 is 2.71 bits per heavy atom. The van der Waals surface area contributed by atoms with Gasteiger partial charge in [-0.25, -0.2) is 23.5 Å². The van der Waals surface area contributed by atoms with Crippen molar-refractivity contribution in [1.29, 1.82) is 0 Å². The minimum Gasteiger partial charge on any atom is -0.464 e. The summed E-state index contributed by atoms with van der Waals surface area (Å²) in [6.45, 7) is 4.13. The minimum atomic E-state index is -0.826. The van der Waals surface area contributed by atoms with Gasteiger partial charge >= 0.3 is 11.7 Å². The van der Waals surface area contributed by atoms with Crippen LogP contribution in [0.15, 0.2) is 40.2 Å². The van der Waals surface area contributed by atoms with E-state index in [9.17, 15) is 18.8 Å². The molecule has 0 unspecified atom stereocenters. The molecular weight excluding hydrogens is 407 g/mol. The van der Waals surface area contributed by atoms with E-state index in [-0.39, 0.29) is 30.4 Å². The summed E-state index contributed by atoms with van der Waals surface area (Å²) in [5.41, 5.74) is -0.647. The van der Waals surface area contributed by atoms with E-state index >= 15 is 0 Å². The number of carbonyl (C=O) groups excluding carboxylic acids is 1. The molecule has 3 heterocycles. The number of ether oxygens (including phenoxy) is 2. The number of aromatic nitrogens is 4. The van der Waals surface area contributed by atoms with Crippen molar-refractivity contribution in [3.8, 4) is 5.69 Å². The molecule has 164 valence electrons. The van der Waals surface area contributed by atoms with Gasteiger partial charge in [0.2, 0.25) is 0 Å². The first-order valence-corrected chi connectivity index (χ1v) is 10.2. The van der Waals surface area contributed by atoms with Crippen molar-refractivity contribution < 1.29 is 18.7 Å². The van der Waals surface area contributed by atoms with Gasteiger partial charge in [-0.15, -0.1) is 0 Å². The first-order chi connectivity index (χ1) is 14.9. The number of imidazole rings is 1. The van der Waals surface area contributed by atoms with Crippen LogP contribution in [0, 0.1) is 5.82 Å². The normalized spacial score (nSPS) is 17.2. The second-order valence-corrected chi connectivity index (χ2v) is 7.40. The molecule has 0 N–H and O–H groups in total. The number of rotatable bonds is 6. The molecule has 0 radical (unpaired) electrons. The van der Waals surface area contributed by atoms with Crippen LogP contribution in [-0.4, -0.2) is 44.0 Å². The second kappa shape index (κ2) is 8.46. The van der Waals surface area contributed by atoms with E-state index in [0.29, 0.717) is 12.3 Å². The smallest absolute Gasteiger partial charge is 0.337 e. The standard InChI is InChI=1S/C21H23FN4O5/c1-3-30-20(28)13(2)25-12-23-18-17(25)19(27)24(11-16-5-4-10-31-16)21(29)26(18)15-8-6-14(22)7-9-15/h6-9,12-13,16H,3-5,10-11H2,1-2H3/t13-,16+/m0/s1. The Kier molecular flexibility index (Phi) is 5.73. The van der Waals surface area contributed by atoms with Crippen LogP contribution in [0.25, 0.3) is 16.9 Å². The van der Waals surface area contributed by atoms with Crippen molar-refractivity contribution in [1.82, 2.24) is 18.7 Å². The van der Waals surface area contributed by atoms with Gasteiger partial charge in [-0.3, -0.25) is 9.36 Å². The number of esters is 1. The number of halogens is 1. The summed E-state index contributed by atoms with van der Waals surface area (Å²) in [5.74, 6) is -0.978. The zero-order valence-corrected chi connectivity index (χ0v) is 17.3. The largest absolute Gasteiger partial charge is 0.464 e. The van der Waals surface area contributed by atoms with Crippen LogP contribution < -0.4 is 11.2 Å². The Bertz CT molecular complexity index is 1220. The van der Waals surface area contributed by atoms with E-state index in [1.54, 1.807) is 13.8 Å². The third-order valence-corrected chi connectivity index (χ3v) is 5.40. The third kappa shape index (κ3) is 3.78. The molecule has 3 aromatic rings. The number of nitrogens with zero attached hydrogens (tertiary/aromatic N) is 4. The third-order valence-electron chi connectivity index (χ3n) is 5.40. The molecule has 1 aliphatic heterocycles. The molecule has 1 aromatic carbocycles. The molecule has 2 aromatic heterocycles. The zero-order valence-electron chi connectivity index (χ0n) is 17.3. The van der Waals surface area contributed by atoms with Crippen LogP contribution in [0.1, 0.15) is 32.7 Å². The Hall–Kier alpha value is -3.27. The van der Waals surface area contributed by atoms with Crippen LogP contribution in [0.3, 0.4) is 0 Å². The predicted octanol–water partition coefficient (Wildman–Crippen LogP) is 1.79. The van der Waals surface area contributed by atoms with E-state index in [2.05, 4.69) is 4.98 Å². The van der Waals surface area contributed by atoms with Crippen molar-refractivity contribution in [2.24, 2.45) is 0 Å². The summed E-state index contributed by atoms with van der Waals surface area (Å²) in [5, 5.41) is 0. The van der Waals surface area contributed by atoms with Gasteiger partial charge in [0.15, 0.2) is 11.2 Å². The Morgan fingerprint density at radius 1 is 1.32 bits per heavy atom. The average Bonchev–Trinajstić information content (AvgIpc) is 3.42. The van der Waals surface area contributed by atoms with E-state index in [4.69, 9.17) is 9.47 Å². The lowest BCUT2D eigenvalue weighted by molar-refractivity contribution is -0.146. The summed E-state index contributed by atoms with van der Waals surface area (Å²) >= 11 is 0. The highest BCUT2D eigenvalue weighted by atomic mass is 19.1. The number of fused-ring (bicyclic) bond motifs is 1. The molecule has 1 fully saturated rings. The highest BCUT2D eigenvalue weighted by molar-refractivity contribution is 5.79. The maximum Gasteiger partial charge on any atom is 0.337 e. The van der Waals surface area contributed by atoms with Gasteiger partial charge in [-0.05, 0) is 51.0 Å². The van der Waals surface area contributed by atoms with Crippen LogP contribution in [0.2, 0.25) is 0 Å². The summed E-state index contributed by atoms with van der Waals surface area (Å²) in [4.78, 5) is 43.3. The lowest BCUT2D eigenvalue weighted by atomic mass is 10.2. The van der Waals surface area contributed by atoms with Crippen LogP contribution in [0.5, 0.6) is 0 Å². The van der Waals surface area contributed by atoms with Crippen molar-refractivity contribution in [3.63, 3.8) is 0 Å². The fourth-order valence-corrected chi connectivity index (χ4v) is 3.79. The molecule has 10 heteroatoms. The fraction of sp³-hybridized carbons (Fsp3) is 0.429. The van der Waals surface area contributed by atoms with Crippen LogP contribution in [0.4, 0.5) is 4.39 Å².